The highest BCUT2D eigenvalue weighted by Crippen LogP contribution is 2.36. The molecule has 0 saturated carbocycles. The van der Waals surface area contributed by atoms with Gasteiger partial charge < -0.3 is 15.5 Å². The van der Waals surface area contributed by atoms with Crippen LogP contribution in [0.3, 0.4) is 0 Å². The monoisotopic (exact) mass is 633 g/mol. The summed E-state index contributed by atoms with van der Waals surface area (Å²) in [6, 6.07) is 10.3. The largest absolute Gasteiger partial charge is 0.416 e. The summed E-state index contributed by atoms with van der Waals surface area (Å²) in [4.78, 5) is 31.0. The number of aromatic nitrogens is 3. The van der Waals surface area contributed by atoms with Crippen molar-refractivity contribution in [3.05, 3.63) is 87.8 Å². The van der Waals surface area contributed by atoms with Crippen molar-refractivity contribution in [1.29, 1.82) is 0 Å². The lowest BCUT2D eigenvalue weighted by Gasteiger charge is -2.34. The lowest BCUT2D eigenvalue weighted by molar-refractivity contribution is -0.138. The van der Waals surface area contributed by atoms with Crippen LogP contribution in [0.2, 0.25) is 0 Å². The third kappa shape index (κ3) is 6.35. The van der Waals surface area contributed by atoms with Gasteiger partial charge in [-0.3, -0.25) is 14.7 Å². The first-order chi connectivity index (χ1) is 21.7. The molecule has 45 heavy (non-hydrogen) atoms. The van der Waals surface area contributed by atoms with Crippen molar-refractivity contribution in [2.75, 3.05) is 50.4 Å². The van der Waals surface area contributed by atoms with Crippen molar-refractivity contribution in [2.24, 2.45) is 0 Å². The van der Waals surface area contributed by atoms with Gasteiger partial charge in [0.2, 0.25) is 0 Å². The molecule has 4 heterocycles. The van der Waals surface area contributed by atoms with Gasteiger partial charge in [0.1, 0.15) is 12.1 Å². The van der Waals surface area contributed by atoms with Gasteiger partial charge in [0.25, 0.3) is 5.91 Å². The topological polar surface area (TPSA) is 86.3 Å². The Hall–Kier alpha value is -4.13. The Labute approximate surface area is 263 Å². The first-order valence-electron chi connectivity index (χ1n) is 14.9. The Bertz CT molecular complexity index is 1870. The minimum absolute atomic E-state index is 0.213. The summed E-state index contributed by atoms with van der Waals surface area (Å²) in [6.45, 7) is 8.44. The van der Waals surface area contributed by atoms with Gasteiger partial charge in [-0.15, -0.1) is 11.3 Å². The van der Waals surface area contributed by atoms with Gasteiger partial charge in [0.15, 0.2) is 0 Å². The number of aryl methyl sites for hydroxylation is 1. The molecule has 0 bridgehead atoms. The Kier molecular flexibility index (Phi) is 8.71. The van der Waals surface area contributed by atoms with E-state index in [9.17, 15) is 18.0 Å². The van der Waals surface area contributed by atoms with E-state index in [1.54, 1.807) is 30.8 Å². The van der Waals surface area contributed by atoms with Crippen LogP contribution in [0.15, 0.2) is 54.3 Å². The second-order valence-corrected chi connectivity index (χ2v) is 12.1. The summed E-state index contributed by atoms with van der Waals surface area (Å²) < 4.78 is 43.6. The number of piperazine rings is 1. The van der Waals surface area contributed by atoms with Crippen LogP contribution < -0.4 is 10.6 Å². The van der Waals surface area contributed by atoms with E-state index in [2.05, 4.69) is 42.3 Å². The zero-order valence-electron chi connectivity index (χ0n) is 25.3. The number of likely N-dealkylation sites (N-methyl/N-ethyl adjacent to an activating group) is 1. The molecule has 1 aliphatic rings. The number of hydrogen-bond donors (Lipinski definition) is 2. The van der Waals surface area contributed by atoms with Gasteiger partial charge in [0.05, 0.1) is 32.7 Å². The molecule has 2 N–H and O–H groups in total. The molecule has 12 heteroatoms. The van der Waals surface area contributed by atoms with E-state index < -0.39 is 11.7 Å². The highest BCUT2D eigenvalue weighted by molar-refractivity contribution is 7.18. The van der Waals surface area contributed by atoms with E-state index in [-0.39, 0.29) is 24.4 Å². The van der Waals surface area contributed by atoms with Crippen molar-refractivity contribution < 1.29 is 18.0 Å². The highest BCUT2D eigenvalue weighted by atomic mass is 32.1. The average molecular weight is 634 g/mol. The molecule has 3 aromatic heterocycles. The lowest BCUT2D eigenvalue weighted by atomic mass is 9.97. The van der Waals surface area contributed by atoms with E-state index in [4.69, 9.17) is 0 Å². The van der Waals surface area contributed by atoms with Crippen LogP contribution in [-0.4, -0.2) is 70.4 Å². The molecule has 5 aromatic rings. The molecule has 1 fully saturated rings. The molecular weight excluding hydrogens is 599 g/mol. The number of hydrogen-bond acceptors (Lipinski definition) is 8. The molecule has 8 nitrogen and oxygen atoms in total. The summed E-state index contributed by atoms with van der Waals surface area (Å²) in [5, 5.41) is 9.37. The molecule has 0 spiro atoms. The smallest absolute Gasteiger partial charge is 0.372 e. The van der Waals surface area contributed by atoms with Gasteiger partial charge in [-0.25, -0.2) is 9.97 Å². The van der Waals surface area contributed by atoms with Gasteiger partial charge >= 0.3 is 6.18 Å². The molecule has 2 aromatic carbocycles. The third-order valence-corrected chi connectivity index (χ3v) is 9.44. The second kappa shape index (κ2) is 12.7. The Balaban J connectivity index is 1.28. The van der Waals surface area contributed by atoms with Crippen LogP contribution >= 0.6 is 11.3 Å². The number of carbonyl (C=O) groups excluding carboxylic acids is 1. The van der Waals surface area contributed by atoms with Crippen molar-refractivity contribution in [1.82, 2.24) is 24.8 Å². The maximum Gasteiger partial charge on any atom is 0.416 e. The predicted molar refractivity (Wildman–Crippen MR) is 173 cm³/mol. The first kappa shape index (κ1) is 30.9. The van der Waals surface area contributed by atoms with E-state index in [1.807, 2.05) is 25.1 Å². The molecule has 0 unspecified atom stereocenters. The Morgan fingerprint density at radius 3 is 2.51 bits per heavy atom. The number of carbonyl (C=O) groups is 1. The molecular formula is C33H34F3N7OS. The molecule has 0 radical (unpaired) electrons. The number of amides is 1. The SMILES string of the molecule is CCN1CCN(Cc2ccc(Cc3nccc4c(NC(=O)c5csc6c(NC)ncnc56)c(C)ccc34)cc2C(F)(F)F)CC1. The maximum atomic E-state index is 14.3. The number of rotatable bonds is 8. The predicted octanol–water partition coefficient (Wildman–Crippen LogP) is 6.59. The Morgan fingerprint density at radius 2 is 1.78 bits per heavy atom. The number of pyridine rings is 1. The van der Waals surface area contributed by atoms with Crippen LogP contribution in [-0.2, 0) is 19.1 Å². The molecule has 1 aliphatic heterocycles. The number of fused-ring (bicyclic) bond motifs is 2. The van der Waals surface area contributed by atoms with Crippen molar-refractivity contribution in [3.63, 3.8) is 0 Å². The summed E-state index contributed by atoms with van der Waals surface area (Å²) in [5.74, 6) is 0.343. The summed E-state index contributed by atoms with van der Waals surface area (Å²) in [7, 11) is 1.76. The summed E-state index contributed by atoms with van der Waals surface area (Å²) in [6.07, 6.45) is -1.20. The minimum Gasteiger partial charge on any atom is -0.372 e. The average Bonchev–Trinajstić information content (AvgIpc) is 3.48. The quantitative estimate of drug-likeness (QED) is 0.200. The van der Waals surface area contributed by atoms with Crippen LogP contribution in [0.5, 0.6) is 0 Å². The van der Waals surface area contributed by atoms with E-state index in [0.717, 1.165) is 53.8 Å². The first-order valence-corrected chi connectivity index (χ1v) is 15.8. The zero-order chi connectivity index (χ0) is 31.7. The van der Waals surface area contributed by atoms with Gasteiger partial charge in [-0.1, -0.05) is 31.2 Å². The van der Waals surface area contributed by atoms with E-state index in [0.29, 0.717) is 33.8 Å². The van der Waals surface area contributed by atoms with Crippen LogP contribution in [0.25, 0.3) is 21.0 Å². The fourth-order valence-corrected chi connectivity index (χ4v) is 6.93. The minimum atomic E-state index is -4.47. The molecule has 1 amide bonds. The standard InChI is InChI=1S/C33H34F3N7OS/c1-4-42-11-13-43(14-12-42)17-22-7-6-21(15-26(22)33(34,35)36)16-27-23-8-5-20(2)28(24(23)9-10-38-27)41-32(44)25-18-45-30-29(25)39-19-40-31(30)37-3/h5-10,15,18-19H,4,11-14,16-17H2,1-3H3,(H,41,44)(H,37,39,40). The summed E-state index contributed by atoms with van der Waals surface area (Å²) >= 11 is 1.39. The van der Waals surface area contributed by atoms with Crippen LogP contribution in [0.4, 0.5) is 24.7 Å². The third-order valence-electron chi connectivity index (χ3n) is 8.47. The van der Waals surface area contributed by atoms with Crippen molar-refractivity contribution >= 4 is 49.7 Å². The Morgan fingerprint density at radius 1 is 1.00 bits per heavy atom. The number of anilines is 2. The van der Waals surface area contributed by atoms with Gasteiger partial charge in [0, 0.05) is 68.5 Å². The molecule has 6 rings (SSSR count). The molecule has 0 aliphatic carbocycles. The lowest BCUT2D eigenvalue weighted by Crippen LogP contribution is -2.45. The van der Waals surface area contributed by atoms with Gasteiger partial charge in [-0.05, 0) is 42.3 Å². The van der Waals surface area contributed by atoms with E-state index >= 15 is 0 Å². The molecule has 0 atom stereocenters. The number of thiophene rings is 1. The fourth-order valence-electron chi connectivity index (χ4n) is 5.94. The zero-order valence-corrected chi connectivity index (χ0v) is 26.1. The molecule has 234 valence electrons. The van der Waals surface area contributed by atoms with Crippen LogP contribution in [0.1, 0.15) is 45.2 Å². The van der Waals surface area contributed by atoms with Crippen LogP contribution in [0, 0.1) is 6.92 Å². The number of nitrogens with one attached hydrogen (secondary N) is 2. The molecule has 1 saturated heterocycles. The number of halogens is 3. The van der Waals surface area contributed by atoms with Crippen molar-refractivity contribution in [2.45, 2.75) is 33.0 Å². The maximum absolute atomic E-state index is 14.3. The second-order valence-electron chi connectivity index (χ2n) is 11.2. The van der Waals surface area contributed by atoms with E-state index in [1.165, 1.54) is 23.7 Å². The highest BCUT2D eigenvalue weighted by Gasteiger charge is 2.34. The summed E-state index contributed by atoms with van der Waals surface area (Å²) in [5.41, 5.74) is 3.31. The fraction of sp³-hybridized carbons (Fsp3) is 0.333. The van der Waals surface area contributed by atoms with Crippen molar-refractivity contribution in [3.8, 4) is 0 Å². The number of nitrogens with zero attached hydrogens (tertiary/aromatic N) is 5. The number of benzene rings is 2. The normalized spacial score (nSPS) is 14.7. The number of alkyl halides is 3. The van der Waals surface area contributed by atoms with Gasteiger partial charge in [-0.2, -0.15) is 13.2 Å².